The van der Waals surface area contributed by atoms with Crippen LogP contribution < -0.4 is 15.2 Å². The zero-order valence-corrected chi connectivity index (χ0v) is 12.2. The molecule has 0 bridgehead atoms. The molecule has 1 aliphatic rings. The summed E-state index contributed by atoms with van der Waals surface area (Å²) in [4.78, 5) is 4.68. The zero-order chi connectivity index (χ0) is 14.8. The number of nitrogens with two attached hydrogens (primary N) is 1. The van der Waals surface area contributed by atoms with Crippen molar-refractivity contribution in [3.63, 3.8) is 0 Å². The van der Waals surface area contributed by atoms with Crippen LogP contribution in [0.5, 0.6) is 11.5 Å². The second-order valence-corrected chi connectivity index (χ2v) is 4.97. The first kappa shape index (κ1) is 13.5. The van der Waals surface area contributed by atoms with Gasteiger partial charge in [0.1, 0.15) is 0 Å². The van der Waals surface area contributed by atoms with Crippen LogP contribution in [0.1, 0.15) is 16.7 Å². The van der Waals surface area contributed by atoms with Crippen LogP contribution in [0.25, 0.3) is 0 Å². The molecule has 4 nitrogen and oxygen atoms in total. The van der Waals surface area contributed by atoms with Crippen LogP contribution in [0.2, 0.25) is 0 Å². The van der Waals surface area contributed by atoms with E-state index >= 15 is 0 Å². The summed E-state index contributed by atoms with van der Waals surface area (Å²) in [6.45, 7) is 0.770. The van der Waals surface area contributed by atoms with Crippen LogP contribution in [-0.4, -0.2) is 26.5 Å². The molecule has 0 radical (unpaired) electrons. The van der Waals surface area contributed by atoms with Gasteiger partial charge in [0.05, 0.1) is 19.9 Å². The molecule has 0 atom stereocenters. The highest BCUT2D eigenvalue weighted by Gasteiger charge is 2.19. The molecule has 1 aliphatic heterocycles. The minimum Gasteiger partial charge on any atom is -0.493 e. The average Bonchev–Trinajstić information content (AvgIpc) is 2.52. The number of hydrogen-bond donors (Lipinski definition) is 1. The number of anilines is 1. The van der Waals surface area contributed by atoms with Crippen LogP contribution in [0.4, 0.5) is 5.69 Å². The molecule has 2 N–H and O–H groups in total. The number of nitrogen functional groups attached to an aromatic ring is 1. The fourth-order valence-corrected chi connectivity index (χ4v) is 2.65. The number of methoxy groups -OCH3 is 2. The number of nitrogens with zero attached hydrogens (tertiary/aromatic N) is 1. The Hall–Kier alpha value is -2.49. The maximum absolute atomic E-state index is 5.89. The Bertz CT molecular complexity index is 708. The van der Waals surface area contributed by atoms with Crippen molar-refractivity contribution in [3.05, 3.63) is 53.1 Å². The van der Waals surface area contributed by atoms with Gasteiger partial charge in [-0.1, -0.05) is 12.1 Å². The minimum atomic E-state index is 0.717. The first-order valence-electron chi connectivity index (χ1n) is 6.88. The summed E-state index contributed by atoms with van der Waals surface area (Å²) in [6, 6.07) is 11.8. The van der Waals surface area contributed by atoms with Crippen LogP contribution in [0, 0.1) is 0 Å². The van der Waals surface area contributed by atoms with Gasteiger partial charge in [-0.2, -0.15) is 0 Å². The summed E-state index contributed by atoms with van der Waals surface area (Å²) in [6.07, 6.45) is 0.904. The molecule has 2 aromatic rings. The number of benzene rings is 2. The van der Waals surface area contributed by atoms with Crippen molar-refractivity contribution in [2.75, 3.05) is 26.5 Å². The van der Waals surface area contributed by atoms with Crippen molar-refractivity contribution in [2.45, 2.75) is 6.42 Å². The quantitative estimate of drug-likeness (QED) is 0.881. The third-order valence-corrected chi connectivity index (χ3v) is 3.68. The highest BCUT2D eigenvalue weighted by molar-refractivity contribution is 6.15. The number of hydrogen-bond acceptors (Lipinski definition) is 4. The Kier molecular flexibility index (Phi) is 3.52. The molecule has 3 rings (SSSR count). The van der Waals surface area contributed by atoms with E-state index in [9.17, 15) is 0 Å². The van der Waals surface area contributed by atoms with E-state index in [2.05, 4.69) is 4.99 Å². The Labute approximate surface area is 124 Å². The van der Waals surface area contributed by atoms with Crippen LogP contribution in [0.3, 0.4) is 0 Å². The SMILES string of the molecule is COc1cc2c(cc1OC)C(c1cccc(N)c1)=NCC2. The summed E-state index contributed by atoms with van der Waals surface area (Å²) < 4.78 is 10.8. The fourth-order valence-electron chi connectivity index (χ4n) is 2.65. The molecular formula is C17H18N2O2. The molecule has 0 amide bonds. The van der Waals surface area contributed by atoms with Gasteiger partial charge in [0, 0.05) is 23.4 Å². The Balaban J connectivity index is 2.13. The standard InChI is InChI=1S/C17H18N2O2/c1-20-15-9-11-6-7-19-17(14(11)10-16(15)21-2)12-4-3-5-13(18)8-12/h3-5,8-10H,6-7,18H2,1-2H3. The van der Waals surface area contributed by atoms with E-state index < -0.39 is 0 Å². The maximum Gasteiger partial charge on any atom is 0.161 e. The minimum absolute atomic E-state index is 0.717. The lowest BCUT2D eigenvalue weighted by atomic mass is 9.92. The van der Waals surface area contributed by atoms with E-state index in [0.29, 0.717) is 0 Å². The van der Waals surface area contributed by atoms with Gasteiger partial charge in [-0.05, 0) is 36.2 Å². The molecule has 108 valence electrons. The van der Waals surface area contributed by atoms with Crippen molar-refractivity contribution in [3.8, 4) is 11.5 Å². The molecule has 2 aromatic carbocycles. The maximum atomic E-state index is 5.89. The summed E-state index contributed by atoms with van der Waals surface area (Å²) >= 11 is 0. The van der Waals surface area contributed by atoms with E-state index in [-0.39, 0.29) is 0 Å². The predicted molar refractivity (Wildman–Crippen MR) is 84.6 cm³/mol. The predicted octanol–water partition coefficient (Wildman–Crippen LogP) is 2.68. The van der Waals surface area contributed by atoms with E-state index in [1.54, 1.807) is 14.2 Å². The van der Waals surface area contributed by atoms with Crippen molar-refractivity contribution in [2.24, 2.45) is 4.99 Å². The molecule has 0 spiro atoms. The molecule has 21 heavy (non-hydrogen) atoms. The largest absolute Gasteiger partial charge is 0.493 e. The molecule has 0 aliphatic carbocycles. The lowest BCUT2D eigenvalue weighted by molar-refractivity contribution is 0.354. The van der Waals surface area contributed by atoms with Gasteiger partial charge in [-0.15, -0.1) is 0 Å². The zero-order valence-electron chi connectivity index (χ0n) is 12.2. The molecule has 0 fully saturated rings. The third kappa shape index (κ3) is 2.44. The lowest BCUT2D eigenvalue weighted by Gasteiger charge is -2.20. The fraction of sp³-hybridized carbons (Fsp3) is 0.235. The molecule has 1 heterocycles. The van der Waals surface area contributed by atoms with E-state index in [4.69, 9.17) is 15.2 Å². The second-order valence-electron chi connectivity index (χ2n) is 4.97. The summed E-state index contributed by atoms with van der Waals surface area (Å²) in [5.41, 5.74) is 10.9. The van der Waals surface area contributed by atoms with Gasteiger partial charge in [-0.25, -0.2) is 0 Å². The van der Waals surface area contributed by atoms with Gasteiger partial charge >= 0.3 is 0 Å². The van der Waals surface area contributed by atoms with E-state index in [0.717, 1.165) is 47.0 Å². The van der Waals surface area contributed by atoms with Crippen LogP contribution >= 0.6 is 0 Å². The molecule has 0 saturated carbocycles. The highest BCUT2D eigenvalue weighted by Crippen LogP contribution is 2.33. The van der Waals surface area contributed by atoms with Gasteiger partial charge < -0.3 is 15.2 Å². The van der Waals surface area contributed by atoms with Gasteiger partial charge in [0.15, 0.2) is 11.5 Å². The van der Waals surface area contributed by atoms with Crippen LogP contribution in [0.15, 0.2) is 41.4 Å². The molecule has 0 saturated heterocycles. The summed E-state index contributed by atoms with van der Waals surface area (Å²) in [5, 5.41) is 0. The molecule has 0 aromatic heterocycles. The highest BCUT2D eigenvalue weighted by atomic mass is 16.5. The number of ether oxygens (including phenoxy) is 2. The Morgan fingerprint density at radius 1 is 1.05 bits per heavy atom. The first-order chi connectivity index (χ1) is 10.2. The number of fused-ring (bicyclic) bond motifs is 1. The van der Waals surface area contributed by atoms with E-state index in [1.807, 2.05) is 36.4 Å². The van der Waals surface area contributed by atoms with Crippen molar-refractivity contribution in [1.82, 2.24) is 0 Å². The number of rotatable bonds is 3. The van der Waals surface area contributed by atoms with Crippen molar-refractivity contribution < 1.29 is 9.47 Å². The Morgan fingerprint density at radius 2 is 1.81 bits per heavy atom. The smallest absolute Gasteiger partial charge is 0.161 e. The van der Waals surface area contributed by atoms with Crippen molar-refractivity contribution >= 4 is 11.4 Å². The number of aliphatic imine (C=N–C) groups is 1. The second kappa shape index (κ2) is 5.48. The Morgan fingerprint density at radius 3 is 2.52 bits per heavy atom. The molecule has 4 heteroatoms. The average molecular weight is 282 g/mol. The normalized spacial score (nSPS) is 13.3. The van der Waals surface area contributed by atoms with Crippen molar-refractivity contribution in [1.29, 1.82) is 0 Å². The lowest BCUT2D eigenvalue weighted by Crippen LogP contribution is -2.15. The van der Waals surface area contributed by atoms with Crippen LogP contribution in [-0.2, 0) is 6.42 Å². The van der Waals surface area contributed by atoms with E-state index in [1.165, 1.54) is 5.56 Å². The molecule has 0 unspecified atom stereocenters. The monoisotopic (exact) mass is 282 g/mol. The first-order valence-corrected chi connectivity index (χ1v) is 6.88. The third-order valence-electron chi connectivity index (χ3n) is 3.68. The molecular weight excluding hydrogens is 264 g/mol. The summed E-state index contributed by atoms with van der Waals surface area (Å²) in [5.74, 6) is 1.47. The van der Waals surface area contributed by atoms with Gasteiger partial charge in [-0.3, -0.25) is 4.99 Å². The summed E-state index contributed by atoms with van der Waals surface area (Å²) in [7, 11) is 3.30. The topological polar surface area (TPSA) is 56.8 Å². The van der Waals surface area contributed by atoms with Gasteiger partial charge in [0.25, 0.3) is 0 Å². The van der Waals surface area contributed by atoms with Gasteiger partial charge in [0.2, 0.25) is 0 Å².